The zero-order chi connectivity index (χ0) is 16.9. The van der Waals surface area contributed by atoms with E-state index in [1.165, 1.54) is 0 Å². The molecule has 1 fully saturated rings. The van der Waals surface area contributed by atoms with Crippen LogP contribution in [0.25, 0.3) is 0 Å². The molecule has 5 nitrogen and oxygen atoms in total. The van der Waals surface area contributed by atoms with E-state index in [1.54, 1.807) is 12.0 Å². The molecule has 1 N–H and O–H groups in total. The Hall–Kier alpha value is -2.82. The van der Waals surface area contributed by atoms with Crippen molar-refractivity contribution in [3.63, 3.8) is 0 Å². The Morgan fingerprint density at radius 2 is 1.83 bits per heavy atom. The molecule has 0 radical (unpaired) electrons. The predicted octanol–water partition coefficient (Wildman–Crippen LogP) is 1.76. The maximum absolute atomic E-state index is 12.7. The third-order valence-corrected chi connectivity index (χ3v) is 4.07. The van der Waals surface area contributed by atoms with Crippen LogP contribution in [-0.4, -0.2) is 36.4 Å². The highest BCUT2D eigenvalue weighted by molar-refractivity contribution is 5.95. The van der Waals surface area contributed by atoms with Crippen molar-refractivity contribution in [2.75, 3.05) is 13.7 Å². The number of ether oxygens (including phenoxy) is 1. The highest BCUT2D eigenvalue weighted by atomic mass is 16.5. The second kappa shape index (κ2) is 7.17. The highest BCUT2D eigenvalue weighted by Gasteiger charge is 2.32. The third-order valence-electron chi connectivity index (χ3n) is 4.07. The van der Waals surface area contributed by atoms with Gasteiger partial charge in [0.25, 0.3) is 0 Å². The number of piperazine rings is 1. The molecule has 2 amide bonds. The fourth-order valence-corrected chi connectivity index (χ4v) is 2.88. The van der Waals surface area contributed by atoms with Crippen LogP contribution in [0.5, 0.6) is 5.75 Å². The molecule has 1 atom stereocenters. The van der Waals surface area contributed by atoms with Crippen molar-refractivity contribution in [2.45, 2.75) is 19.0 Å². The topological polar surface area (TPSA) is 58.6 Å². The second-order valence-corrected chi connectivity index (χ2v) is 5.86. The van der Waals surface area contributed by atoms with Gasteiger partial charge in [-0.3, -0.25) is 9.59 Å². The zero-order valence-corrected chi connectivity index (χ0v) is 13.6. The smallest absolute Gasteiger partial charge is 0.246 e. The molecule has 0 bridgehead atoms. The molecule has 124 valence electrons. The summed E-state index contributed by atoms with van der Waals surface area (Å²) in [5.74, 6) is 0.558. The Morgan fingerprint density at radius 3 is 2.58 bits per heavy atom. The van der Waals surface area contributed by atoms with E-state index in [1.807, 2.05) is 54.6 Å². The molecular formula is C19H20N2O3. The van der Waals surface area contributed by atoms with E-state index in [4.69, 9.17) is 4.74 Å². The lowest BCUT2D eigenvalue weighted by Gasteiger charge is -2.32. The number of carbonyl (C=O) groups excluding carboxylic acids is 2. The lowest BCUT2D eigenvalue weighted by atomic mass is 10.0. The van der Waals surface area contributed by atoms with Gasteiger partial charge in [-0.25, -0.2) is 0 Å². The van der Waals surface area contributed by atoms with Gasteiger partial charge in [-0.15, -0.1) is 0 Å². The summed E-state index contributed by atoms with van der Waals surface area (Å²) in [4.78, 5) is 26.3. The van der Waals surface area contributed by atoms with E-state index < -0.39 is 6.04 Å². The number of rotatable bonds is 5. The Balaban J connectivity index is 1.73. The first-order valence-electron chi connectivity index (χ1n) is 7.90. The molecule has 0 unspecified atom stereocenters. The average molecular weight is 324 g/mol. The molecule has 0 aliphatic carbocycles. The van der Waals surface area contributed by atoms with E-state index in [0.29, 0.717) is 13.0 Å². The van der Waals surface area contributed by atoms with Crippen LogP contribution in [-0.2, 0) is 22.6 Å². The van der Waals surface area contributed by atoms with E-state index in [9.17, 15) is 9.59 Å². The number of hydrogen-bond donors (Lipinski definition) is 1. The minimum absolute atomic E-state index is 0.0544. The molecule has 1 heterocycles. The number of nitrogens with zero attached hydrogens (tertiary/aromatic N) is 1. The Labute approximate surface area is 141 Å². The largest absolute Gasteiger partial charge is 0.497 e. The molecule has 0 spiro atoms. The van der Waals surface area contributed by atoms with Crippen LogP contribution in [0.1, 0.15) is 11.1 Å². The number of hydrogen-bond acceptors (Lipinski definition) is 3. The first kappa shape index (κ1) is 16.1. The Morgan fingerprint density at radius 1 is 1.08 bits per heavy atom. The van der Waals surface area contributed by atoms with Gasteiger partial charge in [0.15, 0.2) is 0 Å². The number of benzene rings is 2. The molecule has 2 aromatic rings. The summed E-state index contributed by atoms with van der Waals surface area (Å²) in [5.41, 5.74) is 1.97. The van der Waals surface area contributed by atoms with E-state index in [-0.39, 0.29) is 18.4 Å². The summed E-state index contributed by atoms with van der Waals surface area (Å²) >= 11 is 0. The average Bonchev–Trinajstić information content (AvgIpc) is 2.60. The number of methoxy groups -OCH3 is 1. The van der Waals surface area contributed by atoms with Gasteiger partial charge in [-0.1, -0.05) is 42.5 Å². The monoisotopic (exact) mass is 324 g/mol. The van der Waals surface area contributed by atoms with E-state index >= 15 is 0 Å². The maximum Gasteiger partial charge on any atom is 0.246 e. The van der Waals surface area contributed by atoms with Crippen LogP contribution in [0, 0.1) is 0 Å². The van der Waals surface area contributed by atoms with Gasteiger partial charge in [-0.2, -0.15) is 0 Å². The normalized spacial score (nSPS) is 17.5. The van der Waals surface area contributed by atoms with Gasteiger partial charge >= 0.3 is 0 Å². The summed E-state index contributed by atoms with van der Waals surface area (Å²) in [6.45, 7) is 0.546. The summed E-state index contributed by atoms with van der Waals surface area (Å²) in [5, 5.41) is 2.80. The molecule has 1 aliphatic heterocycles. The molecule has 1 aliphatic rings. The molecule has 0 aromatic heterocycles. The van der Waals surface area contributed by atoms with Crippen molar-refractivity contribution in [2.24, 2.45) is 0 Å². The summed E-state index contributed by atoms with van der Waals surface area (Å²) in [6, 6.07) is 16.7. The Kier molecular flexibility index (Phi) is 4.79. The minimum atomic E-state index is -0.540. The van der Waals surface area contributed by atoms with Crippen molar-refractivity contribution in [3.05, 3.63) is 65.7 Å². The molecule has 1 saturated heterocycles. The van der Waals surface area contributed by atoms with Crippen LogP contribution in [0.2, 0.25) is 0 Å². The molecular weight excluding hydrogens is 304 g/mol. The second-order valence-electron chi connectivity index (χ2n) is 5.86. The van der Waals surface area contributed by atoms with Gasteiger partial charge in [0, 0.05) is 13.0 Å². The van der Waals surface area contributed by atoms with Crippen molar-refractivity contribution >= 4 is 11.8 Å². The van der Waals surface area contributed by atoms with Crippen LogP contribution in [0.4, 0.5) is 0 Å². The number of nitrogens with one attached hydrogen (secondary N) is 1. The van der Waals surface area contributed by atoms with Gasteiger partial charge < -0.3 is 15.0 Å². The first-order valence-corrected chi connectivity index (χ1v) is 7.90. The third kappa shape index (κ3) is 3.74. The lowest BCUT2D eigenvalue weighted by molar-refractivity contribution is -0.144. The van der Waals surface area contributed by atoms with Crippen molar-refractivity contribution in [3.8, 4) is 5.75 Å². The van der Waals surface area contributed by atoms with Crippen LogP contribution in [0.3, 0.4) is 0 Å². The van der Waals surface area contributed by atoms with Crippen molar-refractivity contribution < 1.29 is 14.3 Å². The maximum atomic E-state index is 12.7. The summed E-state index contributed by atoms with van der Waals surface area (Å²) in [7, 11) is 1.61. The van der Waals surface area contributed by atoms with E-state index in [2.05, 4.69) is 5.32 Å². The first-order chi connectivity index (χ1) is 11.7. The standard InChI is InChI=1S/C19H20N2O3/c1-24-16-9-5-8-15(10-16)11-17-19(23)21(13-18(22)20-17)12-14-6-3-2-4-7-14/h2-10,17H,11-13H2,1H3,(H,20,22)/t17-/m0/s1. The fraction of sp³-hybridized carbons (Fsp3) is 0.263. The predicted molar refractivity (Wildman–Crippen MR) is 90.5 cm³/mol. The van der Waals surface area contributed by atoms with Gasteiger partial charge in [0.1, 0.15) is 11.8 Å². The van der Waals surface area contributed by atoms with Crippen LogP contribution < -0.4 is 10.1 Å². The molecule has 24 heavy (non-hydrogen) atoms. The minimum Gasteiger partial charge on any atom is -0.497 e. The molecule has 0 saturated carbocycles. The zero-order valence-electron chi connectivity index (χ0n) is 13.6. The molecule has 5 heteroatoms. The fourth-order valence-electron chi connectivity index (χ4n) is 2.88. The van der Waals surface area contributed by atoms with Crippen molar-refractivity contribution in [1.29, 1.82) is 0 Å². The summed E-state index contributed by atoms with van der Waals surface area (Å²) in [6.07, 6.45) is 0.451. The van der Waals surface area contributed by atoms with Gasteiger partial charge in [0.05, 0.1) is 13.7 Å². The van der Waals surface area contributed by atoms with Crippen LogP contribution >= 0.6 is 0 Å². The SMILES string of the molecule is COc1cccc(C[C@@H]2NC(=O)CN(Cc3ccccc3)C2=O)c1. The molecule has 3 rings (SSSR count). The van der Waals surface area contributed by atoms with Gasteiger partial charge in [0.2, 0.25) is 11.8 Å². The van der Waals surface area contributed by atoms with Crippen LogP contribution in [0.15, 0.2) is 54.6 Å². The summed E-state index contributed by atoms with van der Waals surface area (Å²) < 4.78 is 5.21. The van der Waals surface area contributed by atoms with Gasteiger partial charge in [-0.05, 0) is 23.3 Å². The Bertz CT molecular complexity index is 730. The number of amides is 2. The lowest BCUT2D eigenvalue weighted by Crippen LogP contribution is -2.58. The highest BCUT2D eigenvalue weighted by Crippen LogP contribution is 2.17. The quantitative estimate of drug-likeness (QED) is 0.912. The number of carbonyl (C=O) groups is 2. The van der Waals surface area contributed by atoms with E-state index in [0.717, 1.165) is 16.9 Å². The van der Waals surface area contributed by atoms with Crippen molar-refractivity contribution in [1.82, 2.24) is 10.2 Å². The molecule has 2 aromatic carbocycles.